The van der Waals surface area contributed by atoms with Gasteiger partial charge in [-0.2, -0.15) is 0 Å². The third-order valence-electron chi connectivity index (χ3n) is 2.95. The van der Waals surface area contributed by atoms with Crippen LogP contribution in [0.2, 0.25) is 5.02 Å². The van der Waals surface area contributed by atoms with Crippen LogP contribution in [0.4, 0.5) is 0 Å². The quantitative estimate of drug-likeness (QED) is 0.731. The number of amides is 1. The second-order valence-electron chi connectivity index (χ2n) is 4.41. The molecule has 0 unspecified atom stereocenters. The molecule has 0 heterocycles. The molecule has 2 nitrogen and oxygen atoms in total. The number of benzene rings is 2. The summed E-state index contributed by atoms with van der Waals surface area (Å²) in [6.07, 6.45) is 0. The van der Waals surface area contributed by atoms with E-state index in [0.29, 0.717) is 23.7 Å². The van der Waals surface area contributed by atoms with Crippen molar-refractivity contribution in [1.29, 1.82) is 0 Å². The molecule has 0 spiro atoms. The Hall–Kier alpha value is -1.32. The maximum atomic E-state index is 12.5. The Bertz CT molecular complexity index is 556. The summed E-state index contributed by atoms with van der Waals surface area (Å²) in [6, 6.07) is 17.0. The smallest absolute Gasteiger partial charge is 0.254 e. The van der Waals surface area contributed by atoms with Crippen LogP contribution in [0, 0.1) is 0 Å². The number of carbonyl (C=O) groups is 1. The Balaban J connectivity index is 2.15. The zero-order chi connectivity index (χ0) is 14.4. The predicted molar refractivity (Wildman–Crippen MR) is 86.4 cm³/mol. The molecule has 4 heteroatoms. The van der Waals surface area contributed by atoms with Crippen molar-refractivity contribution in [3.8, 4) is 0 Å². The van der Waals surface area contributed by atoms with Gasteiger partial charge in [-0.25, -0.2) is 0 Å². The molecule has 0 fully saturated rings. The fourth-order valence-corrected chi connectivity index (χ4v) is 2.49. The van der Waals surface area contributed by atoms with Crippen LogP contribution in [0.1, 0.15) is 15.9 Å². The number of rotatable bonds is 5. The Morgan fingerprint density at radius 1 is 1.05 bits per heavy atom. The molecule has 0 aliphatic rings. The lowest BCUT2D eigenvalue weighted by atomic mass is 10.1. The standard InChI is InChI=1S/C16H15BrClNO/c17-10-11-19(12-13-4-2-1-3-5-13)16(20)14-6-8-15(18)9-7-14/h1-9H,10-12H2. The van der Waals surface area contributed by atoms with E-state index >= 15 is 0 Å². The largest absolute Gasteiger partial charge is 0.333 e. The minimum absolute atomic E-state index is 0.0185. The summed E-state index contributed by atoms with van der Waals surface area (Å²) in [5.74, 6) is 0.0185. The fraction of sp³-hybridized carbons (Fsp3) is 0.188. The van der Waals surface area contributed by atoms with Crippen molar-refractivity contribution in [2.24, 2.45) is 0 Å². The van der Waals surface area contributed by atoms with Crippen LogP contribution < -0.4 is 0 Å². The predicted octanol–water partition coefficient (Wildman–Crippen LogP) is 4.38. The average Bonchev–Trinajstić information content (AvgIpc) is 2.48. The highest BCUT2D eigenvalue weighted by molar-refractivity contribution is 9.09. The van der Waals surface area contributed by atoms with Crippen molar-refractivity contribution in [2.75, 3.05) is 11.9 Å². The molecule has 1 amide bonds. The lowest BCUT2D eigenvalue weighted by Gasteiger charge is -2.22. The van der Waals surface area contributed by atoms with Gasteiger partial charge in [-0.05, 0) is 29.8 Å². The Morgan fingerprint density at radius 3 is 2.30 bits per heavy atom. The molecule has 0 atom stereocenters. The maximum Gasteiger partial charge on any atom is 0.254 e. The van der Waals surface area contributed by atoms with Crippen molar-refractivity contribution in [3.63, 3.8) is 0 Å². The monoisotopic (exact) mass is 351 g/mol. The zero-order valence-electron chi connectivity index (χ0n) is 10.9. The highest BCUT2D eigenvalue weighted by Gasteiger charge is 2.15. The lowest BCUT2D eigenvalue weighted by molar-refractivity contribution is 0.0754. The first-order chi connectivity index (χ1) is 9.70. The molecule has 0 aromatic heterocycles. The summed E-state index contributed by atoms with van der Waals surface area (Å²) < 4.78 is 0. The Kier molecular flexibility index (Phi) is 5.62. The van der Waals surface area contributed by atoms with Gasteiger partial charge in [0.2, 0.25) is 0 Å². The highest BCUT2D eigenvalue weighted by Crippen LogP contribution is 2.14. The van der Waals surface area contributed by atoms with Gasteiger partial charge in [-0.1, -0.05) is 57.9 Å². The number of hydrogen-bond donors (Lipinski definition) is 0. The molecule has 0 radical (unpaired) electrons. The van der Waals surface area contributed by atoms with E-state index in [-0.39, 0.29) is 5.91 Å². The second kappa shape index (κ2) is 7.46. The van der Waals surface area contributed by atoms with Gasteiger partial charge in [0.15, 0.2) is 0 Å². The van der Waals surface area contributed by atoms with E-state index in [2.05, 4.69) is 15.9 Å². The first kappa shape index (κ1) is 15.1. The van der Waals surface area contributed by atoms with Gasteiger partial charge < -0.3 is 4.90 Å². The third-order valence-corrected chi connectivity index (χ3v) is 3.56. The molecular weight excluding hydrogens is 338 g/mol. The zero-order valence-corrected chi connectivity index (χ0v) is 13.3. The molecule has 0 aliphatic heterocycles. The van der Waals surface area contributed by atoms with Gasteiger partial charge >= 0.3 is 0 Å². The van der Waals surface area contributed by atoms with Gasteiger partial charge in [0.05, 0.1) is 0 Å². The first-order valence-corrected chi connectivity index (χ1v) is 7.85. The molecule has 2 rings (SSSR count). The Morgan fingerprint density at radius 2 is 1.70 bits per heavy atom. The van der Waals surface area contributed by atoms with Crippen molar-refractivity contribution in [3.05, 3.63) is 70.7 Å². The summed E-state index contributed by atoms with van der Waals surface area (Å²) in [5, 5.41) is 1.38. The summed E-state index contributed by atoms with van der Waals surface area (Å²) in [6.45, 7) is 1.27. The molecule has 0 aliphatic carbocycles. The highest BCUT2D eigenvalue weighted by atomic mass is 79.9. The fourth-order valence-electron chi connectivity index (χ4n) is 1.93. The van der Waals surface area contributed by atoms with E-state index in [0.717, 1.165) is 10.9 Å². The Labute approximate surface area is 132 Å². The number of alkyl halides is 1. The molecule has 0 bridgehead atoms. The van der Waals surface area contributed by atoms with E-state index in [4.69, 9.17) is 11.6 Å². The second-order valence-corrected chi connectivity index (χ2v) is 5.64. The summed E-state index contributed by atoms with van der Waals surface area (Å²) >= 11 is 9.26. The van der Waals surface area contributed by atoms with Gasteiger partial charge in [-0.15, -0.1) is 0 Å². The van der Waals surface area contributed by atoms with Gasteiger partial charge in [0, 0.05) is 29.0 Å². The van der Waals surface area contributed by atoms with Gasteiger partial charge in [-0.3, -0.25) is 4.79 Å². The first-order valence-electron chi connectivity index (χ1n) is 6.35. The van der Waals surface area contributed by atoms with Crippen LogP contribution in [0.25, 0.3) is 0 Å². The maximum absolute atomic E-state index is 12.5. The lowest BCUT2D eigenvalue weighted by Crippen LogP contribution is -2.32. The molecule has 0 saturated heterocycles. The average molecular weight is 353 g/mol. The number of halogens is 2. The summed E-state index contributed by atoms with van der Waals surface area (Å²) in [5.41, 5.74) is 1.78. The van der Waals surface area contributed by atoms with Crippen LogP contribution >= 0.6 is 27.5 Å². The number of hydrogen-bond acceptors (Lipinski definition) is 1. The number of nitrogens with zero attached hydrogens (tertiary/aromatic N) is 1. The van der Waals surface area contributed by atoms with E-state index in [1.54, 1.807) is 24.3 Å². The molecule has 0 saturated carbocycles. The minimum Gasteiger partial charge on any atom is -0.333 e. The van der Waals surface area contributed by atoms with Crippen LogP contribution in [-0.2, 0) is 6.54 Å². The van der Waals surface area contributed by atoms with Crippen LogP contribution in [0.5, 0.6) is 0 Å². The van der Waals surface area contributed by atoms with Crippen molar-refractivity contribution >= 4 is 33.4 Å². The topological polar surface area (TPSA) is 20.3 Å². The molecule has 2 aromatic carbocycles. The van der Waals surface area contributed by atoms with Crippen molar-refractivity contribution < 1.29 is 4.79 Å². The van der Waals surface area contributed by atoms with Crippen molar-refractivity contribution in [2.45, 2.75) is 6.54 Å². The van der Waals surface area contributed by atoms with Crippen LogP contribution in [-0.4, -0.2) is 22.7 Å². The summed E-state index contributed by atoms with van der Waals surface area (Å²) in [4.78, 5) is 14.3. The third kappa shape index (κ3) is 4.09. The minimum atomic E-state index is 0.0185. The van der Waals surface area contributed by atoms with E-state index in [1.165, 1.54) is 0 Å². The van der Waals surface area contributed by atoms with E-state index in [1.807, 2.05) is 35.2 Å². The SMILES string of the molecule is O=C(c1ccc(Cl)cc1)N(CCBr)Cc1ccccc1. The van der Waals surface area contributed by atoms with E-state index < -0.39 is 0 Å². The van der Waals surface area contributed by atoms with Crippen molar-refractivity contribution in [1.82, 2.24) is 4.90 Å². The molecule has 20 heavy (non-hydrogen) atoms. The van der Waals surface area contributed by atoms with Gasteiger partial charge in [0.1, 0.15) is 0 Å². The number of carbonyl (C=O) groups excluding carboxylic acids is 1. The van der Waals surface area contributed by atoms with Crippen LogP contribution in [0.15, 0.2) is 54.6 Å². The normalized spacial score (nSPS) is 10.3. The molecular formula is C16H15BrClNO. The van der Waals surface area contributed by atoms with E-state index in [9.17, 15) is 4.79 Å². The molecule has 0 N–H and O–H groups in total. The summed E-state index contributed by atoms with van der Waals surface area (Å²) in [7, 11) is 0. The molecule has 104 valence electrons. The molecule has 2 aromatic rings. The van der Waals surface area contributed by atoms with Gasteiger partial charge in [0.25, 0.3) is 5.91 Å². The van der Waals surface area contributed by atoms with Crippen LogP contribution in [0.3, 0.4) is 0 Å².